The Morgan fingerprint density at radius 3 is 2.67 bits per heavy atom. The lowest BCUT2D eigenvalue weighted by molar-refractivity contribution is -0.744. The Hall–Kier alpha value is -2.10. The molecule has 4 heteroatoms. The summed E-state index contributed by atoms with van der Waals surface area (Å²) in [4.78, 5) is 11.6. The van der Waals surface area contributed by atoms with Crippen LogP contribution in [0, 0.1) is 0 Å². The average molecular weight is 245 g/mol. The van der Waals surface area contributed by atoms with Crippen LogP contribution in [0.2, 0.25) is 0 Å². The van der Waals surface area contributed by atoms with Gasteiger partial charge in [-0.15, -0.1) is 5.10 Å². The van der Waals surface area contributed by atoms with E-state index in [9.17, 15) is 4.79 Å². The predicted molar refractivity (Wildman–Crippen MR) is 67.7 cm³/mol. The number of hydrogen-bond donors (Lipinski definition) is 1. The minimum Gasteiger partial charge on any atom is -0.476 e. The summed E-state index contributed by atoms with van der Waals surface area (Å²) in [6.07, 6.45) is 0. The van der Waals surface area contributed by atoms with Crippen LogP contribution in [0.5, 0.6) is 5.88 Å². The van der Waals surface area contributed by atoms with Crippen molar-refractivity contribution in [3.63, 3.8) is 0 Å². The lowest BCUT2D eigenvalue weighted by Gasteiger charge is -1.96. The summed E-state index contributed by atoms with van der Waals surface area (Å²) in [5.74, 6) is 0.645. The van der Waals surface area contributed by atoms with Crippen molar-refractivity contribution in [2.75, 3.05) is 6.61 Å². The Morgan fingerprint density at radius 1 is 1.33 bits per heavy atom. The number of carbonyl (C=O) groups is 1. The summed E-state index contributed by atoms with van der Waals surface area (Å²) in [7, 11) is 0. The molecule has 1 aromatic carbocycles. The van der Waals surface area contributed by atoms with Crippen molar-refractivity contribution in [1.29, 1.82) is 0 Å². The molecule has 94 valence electrons. The van der Waals surface area contributed by atoms with E-state index < -0.39 is 0 Å². The van der Waals surface area contributed by atoms with Gasteiger partial charge in [-0.3, -0.25) is 4.79 Å². The van der Waals surface area contributed by atoms with Crippen molar-refractivity contribution in [2.45, 2.75) is 20.4 Å². The third kappa shape index (κ3) is 2.77. The van der Waals surface area contributed by atoms with Gasteiger partial charge in [-0.2, -0.15) is 0 Å². The highest BCUT2D eigenvalue weighted by Crippen LogP contribution is 2.08. The van der Waals surface area contributed by atoms with Crippen molar-refractivity contribution < 1.29 is 14.2 Å². The number of aromatic amines is 1. The van der Waals surface area contributed by atoms with E-state index in [2.05, 4.69) is 5.10 Å². The van der Waals surface area contributed by atoms with E-state index >= 15 is 0 Å². The van der Waals surface area contributed by atoms with E-state index in [0.29, 0.717) is 24.7 Å². The predicted octanol–water partition coefficient (Wildman–Crippen LogP) is 1.95. The van der Waals surface area contributed by atoms with Gasteiger partial charge in [0.2, 0.25) is 11.7 Å². The first-order chi connectivity index (χ1) is 8.70. The van der Waals surface area contributed by atoms with Gasteiger partial charge in [0.25, 0.3) is 5.69 Å². The van der Waals surface area contributed by atoms with E-state index in [4.69, 9.17) is 4.74 Å². The van der Waals surface area contributed by atoms with Crippen molar-refractivity contribution in [2.24, 2.45) is 0 Å². The SMILES string of the molecule is CCOc1cc(C(C)=O)[n+](Cc2ccccc2)[nH]1. The van der Waals surface area contributed by atoms with Gasteiger partial charge >= 0.3 is 0 Å². The molecule has 18 heavy (non-hydrogen) atoms. The van der Waals surface area contributed by atoms with E-state index in [-0.39, 0.29) is 5.78 Å². The zero-order valence-electron chi connectivity index (χ0n) is 10.6. The van der Waals surface area contributed by atoms with E-state index in [0.717, 1.165) is 5.56 Å². The van der Waals surface area contributed by atoms with Gasteiger partial charge in [-0.25, -0.2) is 0 Å². The maximum Gasteiger partial charge on any atom is 0.277 e. The molecule has 0 atom stereocenters. The van der Waals surface area contributed by atoms with Gasteiger partial charge in [0, 0.05) is 12.5 Å². The van der Waals surface area contributed by atoms with Crippen LogP contribution in [0.1, 0.15) is 29.9 Å². The number of H-pyrrole nitrogens is 1. The maximum atomic E-state index is 11.6. The highest BCUT2D eigenvalue weighted by molar-refractivity contribution is 5.90. The van der Waals surface area contributed by atoms with Crippen molar-refractivity contribution in [3.8, 4) is 5.88 Å². The molecule has 0 amide bonds. The average Bonchev–Trinajstić information content (AvgIpc) is 2.74. The minimum atomic E-state index is 0.0214. The van der Waals surface area contributed by atoms with E-state index in [1.165, 1.54) is 0 Å². The molecule has 0 bridgehead atoms. The third-order valence-electron chi connectivity index (χ3n) is 2.65. The monoisotopic (exact) mass is 245 g/mol. The van der Waals surface area contributed by atoms with Crippen LogP contribution in [-0.4, -0.2) is 17.5 Å². The summed E-state index contributed by atoms with van der Waals surface area (Å²) < 4.78 is 7.19. The Bertz CT molecular complexity index is 532. The van der Waals surface area contributed by atoms with Crippen LogP contribution in [-0.2, 0) is 6.54 Å². The Morgan fingerprint density at radius 2 is 2.06 bits per heavy atom. The molecule has 0 radical (unpaired) electrons. The van der Waals surface area contributed by atoms with Crippen LogP contribution in [0.3, 0.4) is 0 Å². The van der Waals surface area contributed by atoms with Crippen LogP contribution in [0.4, 0.5) is 0 Å². The highest BCUT2D eigenvalue weighted by atomic mass is 16.5. The lowest BCUT2D eigenvalue weighted by atomic mass is 10.2. The first-order valence-corrected chi connectivity index (χ1v) is 6.01. The molecule has 1 aromatic heterocycles. The fraction of sp³-hybridized carbons (Fsp3) is 0.286. The molecule has 1 N–H and O–H groups in total. The van der Waals surface area contributed by atoms with Gasteiger partial charge in [0.1, 0.15) is 0 Å². The summed E-state index contributed by atoms with van der Waals surface area (Å²) in [6.45, 7) is 4.67. The second kappa shape index (κ2) is 5.49. The van der Waals surface area contributed by atoms with Crippen molar-refractivity contribution in [1.82, 2.24) is 5.10 Å². The molecule has 0 saturated heterocycles. The first-order valence-electron chi connectivity index (χ1n) is 6.01. The Kier molecular flexibility index (Phi) is 3.77. The second-order valence-electron chi connectivity index (χ2n) is 4.07. The molecular formula is C14H17N2O2+. The fourth-order valence-corrected chi connectivity index (χ4v) is 1.84. The zero-order valence-corrected chi connectivity index (χ0v) is 10.6. The second-order valence-corrected chi connectivity index (χ2v) is 4.07. The number of benzene rings is 1. The molecule has 0 aliphatic carbocycles. The van der Waals surface area contributed by atoms with Gasteiger partial charge in [-0.05, 0) is 6.92 Å². The fourth-order valence-electron chi connectivity index (χ4n) is 1.84. The van der Waals surface area contributed by atoms with Crippen LogP contribution in [0.25, 0.3) is 0 Å². The summed E-state index contributed by atoms with van der Waals surface area (Å²) in [5, 5.41) is 3.09. The van der Waals surface area contributed by atoms with Gasteiger partial charge in [0.05, 0.1) is 12.7 Å². The molecular weight excluding hydrogens is 228 g/mol. The number of Topliss-reactive ketones (excluding diaryl/α,β-unsaturated/α-hetero) is 1. The molecule has 4 nitrogen and oxygen atoms in total. The molecule has 0 aliphatic rings. The largest absolute Gasteiger partial charge is 0.476 e. The first kappa shape index (κ1) is 12.4. The molecule has 1 heterocycles. The molecule has 0 fully saturated rings. The number of carbonyl (C=O) groups excluding carboxylic acids is 1. The number of nitrogens with zero attached hydrogens (tertiary/aromatic N) is 1. The highest BCUT2D eigenvalue weighted by Gasteiger charge is 2.21. The van der Waals surface area contributed by atoms with Gasteiger partial charge in [0.15, 0.2) is 6.54 Å². The van der Waals surface area contributed by atoms with Gasteiger partial charge < -0.3 is 4.74 Å². The summed E-state index contributed by atoms with van der Waals surface area (Å²) in [5.41, 5.74) is 1.76. The molecule has 0 spiro atoms. The third-order valence-corrected chi connectivity index (χ3v) is 2.65. The van der Waals surface area contributed by atoms with Gasteiger partial charge in [-0.1, -0.05) is 35.0 Å². The summed E-state index contributed by atoms with van der Waals surface area (Å²) in [6, 6.07) is 11.7. The van der Waals surface area contributed by atoms with Crippen LogP contribution >= 0.6 is 0 Å². The zero-order chi connectivity index (χ0) is 13.0. The van der Waals surface area contributed by atoms with Crippen LogP contribution < -0.4 is 9.42 Å². The van der Waals surface area contributed by atoms with E-state index in [1.54, 1.807) is 13.0 Å². The Labute approximate surface area is 106 Å². The standard InChI is InChI=1S/C14H16N2O2/c1-3-18-14-9-13(11(2)17)16(15-14)10-12-7-5-4-6-8-12/h4-9H,3,10H2,1-2H3/p+1. The molecule has 0 saturated carbocycles. The van der Waals surface area contributed by atoms with Crippen LogP contribution in [0.15, 0.2) is 36.4 Å². The number of ketones is 1. The lowest BCUT2D eigenvalue weighted by Crippen LogP contribution is -2.41. The molecule has 0 unspecified atom stereocenters. The van der Waals surface area contributed by atoms with Crippen molar-refractivity contribution in [3.05, 3.63) is 47.7 Å². The molecule has 2 aromatic rings. The molecule has 2 rings (SSSR count). The number of aromatic nitrogens is 2. The number of hydrogen-bond acceptors (Lipinski definition) is 2. The minimum absolute atomic E-state index is 0.0214. The smallest absolute Gasteiger partial charge is 0.277 e. The number of nitrogens with one attached hydrogen (secondary N) is 1. The Balaban J connectivity index is 2.28. The topological polar surface area (TPSA) is 46.0 Å². The summed E-state index contributed by atoms with van der Waals surface area (Å²) >= 11 is 0. The van der Waals surface area contributed by atoms with Crippen molar-refractivity contribution >= 4 is 5.78 Å². The molecule has 0 aliphatic heterocycles. The normalized spacial score (nSPS) is 10.3. The van der Waals surface area contributed by atoms with E-state index in [1.807, 2.05) is 41.9 Å². The number of rotatable bonds is 5. The number of ether oxygens (including phenoxy) is 1. The maximum absolute atomic E-state index is 11.6. The quantitative estimate of drug-likeness (QED) is 0.646.